The zero-order chi connectivity index (χ0) is 19.6. The third-order valence-corrected chi connectivity index (χ3v) is 6.19. The molecule has 0 aromatic carbocycles. The zero-order valence-electron chi connectivity index (χ0n) is 16.5. The molecule has 3 atom stereocenters. The number of aliphatic carboxylic acids is 1. The Hall–Kier alpha value is -1.79. The van der Waals surface area contributed by atoms with Crippen molar-refractivity contribution in [2.45, 2.75) is 46.0 Å². The first-order valence-corrected chi connectivity index (χ1v) is 10.4. The molecule has 3 amide bonds. The van der Waals surface area contributed by atoms with Gasteiger partial charge in [0.05, 0.1) is 5.92 Å². The van der Waals surface area contributed by atoms with Crippen LogP contribution in [0.15, 0.2) is 0 Å². The SMILES string of the molecule is CC(C)CNC(=O)N1CCCC(CC(=O)N2C[C@H](C(=O)O)[C@@H](C3CC3)C2)C1. The van der Waals surface area contributed by atoms with Crippen molar-refractivity contribution in [2.24, 2.45) is 29.6 Å². The maximum absolute atomic E-state index is 12.8. The van der Waals surface area contributed by atoms with E-state index in [0.29, 0.717) is 44.4 Å². The molecule has 27 heavy (non-hydrogen) atoms. The lowest BCUT2D eigenvalue weighted by Crippen LogP contribution is -2.47. The quantitative estimate of drug-likeness (QED) is 0.739. The van der Waals surface area contributed by atoms with E-state index in [1.165, 1.54) is 0 Å². The number of nitrogens with zero attached hydrogens (tertiary/aromatic N) is 2. The monoisotopic (exact) mass is 379 g/mol. The molecule has 0 aromatic heterocycles. The molecule has 2 heterocycles. The summed E-state index contributed by atoms with van der Waals surface area (Å²) in [6, 6.07) is -0.0400. The molecular formula is C20H33N3O4. The van der Waals surface area contributed by atoms with Gasteiger partial charge in [0.25, 0.3) is 0 Å². The highest BCUT2D eigenvalue weighted by Crippen LogP contribution is 2.44. The maximum atomic E-state index is 12.8. The summed E-state index contributed by atoms with van der Waals surface area (Å²) in [6.45, 7) is 7.07. The molecule has 7 nitrogen and oxygen atoms in total. The molecule has 0 spiro atoms. The third kappa shape index (κ3) is 5.14. The number of urea groups is 1. The van der Waals surface area contributed by atoms with Crippen LogP contribution in [0, 0.1) is 29.6 Å². The number of piperidine rings is 1. The summed E-state index contributed by atoms with van der Waals surface area (Å²) in [5, 5.41) is 12.4. The van der Waals surface area contributed by atoms with Crippen LogP contribution in [0.1, 0.15) is 46.0 Å². The zero-order valence-corrected chi connectivity index (χ0v) is 16.5. The van der Waals surface area contributed by atoms with Crippen molar-refractivity contribution < 1.29 is 19.5 Å². The standard InChI is InChI=1S/C20H33N3O4/c1-13(2)9-21-20(27)22-7-3-4-14(10-22)8-18(24)23-11-16(15-5-6-15)17(12-23)19(25)26/h13-17H,3-12H2,1-2H3,(H,21,27)(H,25,26)/t14?,16-,17+/m1/s1. The van der Waals surface area contributed by atoms with Crippen molar-refractivity contribution in [3.63, 3.8) is 0 Å². The fourth-order valence-electron chi connectivity index (χ4n) is 4.49. The number of nitrogens with one attached hydrogen (secondary N) is 1. The fourth-order valence-corrected chi connectivity index (χ4v) is 4.49. The smallest absolute Gasteiger partial charge is 0.317 e. The summed E-state index contributed by atoms with van der Waals surface area (Å²) >= 11 is 0. The highest BCUT2D eigenvalue weighted by atomic mass is 16.4. The van der Waals surface area contributed by atoms with Crippen molar-refractivity contribution in [2.75, 3.05) is 32.7 Å². The van der Waals surface area contributed by atoms with Crippen LogP contribution >= 0.6 is 0 Å². The van der Waals surface area contributed by atoms with Gasteiger partial charge in [-0.15, -0.1) is 0 Å². The number of carbonyl (C=O) groups excluding carboxylic acids is 2. The number of carboxylic acids is 1. The molecule has 1 aliphatic carbocycles. The van der Waals surface area contributed by atoms with E-state index in [4.69, 9.17) is 0 Å². The minimum atomic E-state index is -0.770. The van der Waals surface area contributed by atoms with Crippen LogP contribution in [0.3, 0.4) is 0 Å². The van der Waals surface area contributed by atoms with Gasteiger partial charge in [0.15, 0.2) is 0 Å². The fraction of sp³-hybridized carbons (Fsp3) is 0.850. The Morgan fingerprint density at radius 2 is 1.81 bits per heavy atom. The van der Waals surface area contributed by atoms with Gasteiger partial charge in [0.2, 0.25) is 5.91 Å². The van der Waals surface area contributed by atoms with Gasteiger partial charge in [0, 0.05) is 39.1 Å². The Balaban J connectivity index is 1.50. The second kappa shape index (κ2) is 8.48. The molecule has 3 fully saturated rings. The first-order valence-electron chi connectivity index (χ1n) is 10.4. The van der Waals surface area contributed by atoms with E-state index in [1.54, 1.807) is 4.90 Å². The Labute approximate surface area is 161 Å². The van der Waals surface area contributed by atoms with Gasteiger partial charge in [0.1, 0.15) is 0 Å². The highest BCUT2D eigenvalue weighted by molar-refractivity contribution is 5.79. The van der Waals surface area contributed by atoms with E-state index in [2.05, 4.69) is 19.2 Å². The largest absolute Gasteiger partial charge is 0.481 e. The summed E-state index contributed by atoms with van der Waals surface area (Å²) in [5.74, 6) is 0.0554. The number of likely N-dealkylation sites (tertiary alicyclic amines) is 2. The van der Waals surface area contributed by atoms with Crippen molar-refractivity contribution in [1.29, 1.82) is 0 Å². The molecule has 3 aliphatic rings. The number of carbonyl (C=O) groups is 3. The number of hydrogen-bond acceptors (Lipinski definition) is 3. The molecule has 152 valence electrons. The van der Waals surface area contributed by atoms with Crippen LogP contribution in [0.5, 0.6) is 0 Å². The van der Waals surface area contributed by atoms with Crippen LogP contribution in [0.4, 0.5) is 4.79 Å². The molecule has 2 aliphatic heterocycles. The molecule has 1 unspecified atom stereocenters. The molecule has 2 N–H and O–H groups in total. The molecule has 3 rings (SSSR count). The van der Waals surface area contributed by atoms with Crippen molar-refractivity contribution in [1.82, 2.24) is 15.1 Å². The minimum absolute atomic E-state index is 0.0400. The number of rotatable bonds is 6. The predicted molar refractivity (Wildman–Crippen MR) is 101 cm³/mol. The van der Waals surface area contributed by atoms with Gasteiger partial charge < -0.3 is 20.2 Å². The van der Waals surface area contributed by atoms with E-state index >= 15 is 0 Å². The van der Waals surface area contributed by atoms with E-state index in [9.17, 15) is 19.5 Å². The van der Waals surface area contributed by atoms with Gasteiger partial charge in [-0.3, -0.25) is 9.59 Å². The topological polar surface area (TPSA) is 90.0 Å². The van der Waals surface area contributed by atoms with Gasteiger partial charge in [-0.25, -0.2) is 4.79 Å². The summed E-state index contributed by atoms with van der Waals surface area (Å²) in [5.41, 5.74) is 0. The van der Waals surface area contributed by atoms with Gasteiger partial charge in [-0.05, 0) is 49.4 Å². The van der Waals surface area contributed by atoms with Crippen LogP contribution in [0.25, 0.3) is 0 Å². The predicted octanol–water partition coefficient (Wildman–Crippen LogP) is 2.02. The Morgan fingerprint density at radius 3 is 2.44 bits per heavy atom. The summed E-state index contributed by atoms with van der Waals surface area (Å²) in [6.07, 6.45) is 4.47. The average Bonchev–Trinajstić information content (AvgIpc) is 3.37. The van der Waals surface area contributed by atoms with Gasteiger partial charge in [-0.1, -0.05) is 13.8 Å². The lowest BCUT2D eigenvalue weighted by atomic mass is 9.92. The summed E-state index contributed by atoms with van der Waals surface area (Å²) in [4.78, 5) is 40.2. The summed E-state index contributed by atoms with van der Waals surface area (Å²) < 4.78 is 0. The Kier molecular flexibility index (Phi) is 6.27. The number of hydrogen-bond donors (Lipinski definition) is 2. The summed E-state index contributed by atoms with van der Waals surface area (Å²) in [7, 11) is 0. The van der Waals surface area contributed by atoms with E-state index < -0.39 is 11.9 Å². The van der Waals surface area contributed by atoms with Crippen LogP contribution < -0.4 is 5.32 Å². The minimum Gasteiger partial charge on any atom is -0.481 e. The first kappa shape index (κ1) is 20.0. The van der Waals surface area contributed by atoms with Crippen molar-refractivity contribution >= 4 is 17.9 Å². The molecule has 0 radical (unpaired) electrons. The lowest BCUT2D eigenvalue weighted by molar-refractivity contribution is -0.142. The van der Waals surface area contributed by atoms with E-state index in [1.807, 2.05) is 4.90 Å². The molecule has 2 saturated heterocycles. The molecule has 0 aromatic rings. The van der Waals surface area contributed by atoms with Gasteiger partial charge in [-0.2, -0.15) is 0 Å². The van der Waals surface area contributed by atoms with Crippen molar-refractivity contribution in [3.8, 4) is 0 Å². The van der Waals surface area contributed by atoms with Gasteiger partial charge >= 0.3 is 12.0 Å². The van der Waals surface area contributed by atoms with Crippen LogP contribution in [-0.2, 0) is 9.59 Å². The normalized spacial score (nSPS) is 28.5. The van der Waals surface area contributed by atoms with Crippen molar-refractivity contribution in [3.05, 3.63) is 0 Å². The van der Waals surface area contributed by atoms with E-state index in [-0.39, 0.29) is 23.8 Å². The number of amides is 3. The molecule has 0 bridgehead atoms. The molecule has 7 heteroatoms. The average molecular weight is 380 g/mol. The highest BCUT2D eigenvalue weighted by Gasteiger charge is 2.47. The lowest BCUT2D eigenvalue weighted by Gasteiger charge is -2.33. The third-order valence-electron chi connectivity index (χ3n) is 6.19. The second-order valence-electron chi connectivity index (χ2n) is 8.98. The van der Waals surface area contributed by atoms with Crippen LogP contribution in [0.2, 0.25) is 0 Å². The second-order valence-corrected chi connectivity index (χ2v) is 8.98. The molecule has 1 saturated carbocycles. The Bertz CT molecular complexity index is 576. The molecular weight excluding hydrogens is 346 g/mol. The first-order chi connectivity index (χ1) is 12.8. The Morgan fingerprint density at radius 1 is 1.07 bits per heavy atom. The van der Waals surface area contributed by atoms with Crippen LogP contribution in [-0.4, -0.2) is 65.5 Å². The number of carboxylic acid groups (broad SMARTS) is 1. The van der Waals surface area contributed by atoms with E-state index in [0.717, 1.165) is 32.2 Å². The maximum Gasteiger partial charge on any atom is 0.317 e.